The zero-order valence-corrected chi connectivity index (χ0v) is 10.3. The SMILES string of the molecule is Cc1ccc(Cl)c(F)c1CC1CCNCC1. The summed E-state index contributed by atoms with van der Waals surface area (Å²) < 4.78 is 13.9. The molecule has 0 unspecified atom stereocenters. The zero-order chi connectivity index (χ0) is 11.5. The van der Waals surface area contributed by atoms with Crippen molar-refractivity contribution in [3.63, 3.8) is 0 Å². The molecular weight excluding hydrogens is 225 g/mol. The molecule has 0 spiro atoms. The van der Waals surface area contributed by atoms with Gasteiger partial charge in [0.15, 0.2) is 0 Å². The average molecular weight is 242 g/mol. The van der Waals surface area contributed by atoms with Crippen LogP contribution in [0.15, 0.2) is 12.1 Å². The van der Waals surface area contributed by atoms with Crippen molar-refractivity contribution < 1.29 is 4.39 Å². The highest BCUT2D eigenvalue weighted by Crippen LogP contribution is 2.26. The second kappa shape index (κ2) is 5.15. The molecule has 1 fully saturated rings. The number of benzene rings is 1. The van der Waals surface area contributed by atoms with E-state index in [4.69, 9.17) is 11.6 Å². The Morgan fingerprint density at radius 2 is 2.06 bits per heavy atom. The molecule has 0 aromatic heterocycles. The molecule has 1 nitrogen and oxygen atoms in total. The van der Waals surface area contributed by atoms with Gasteiger partial charge in [-0.1, -0.05) is 17.7 Å². The van der Waals surface area contributed by atoms with Crippen LogP contribution in [-0.4, -0.2) is 13.1 Å². The first-order chi connectivity index (χ1) is 7.68. The topological polar surface area (TPSA) is 12.0 Å². The molecular formula is C13H17ClFN. The van der Waals surface area contributed by atoms with E-state index in [1.165, 1.54) is 0 Å². The average Bonchev–Trinajstić information content (AvgIpc) is 2.31. The number of piperidine rings is 1. The summed E-state index contributed by atoms with van der Waals surface area (Å²) in [5, 5.41) is 3.57. The fourth-order valence-corrected chi connectivity index (χ4v) is 2.49. The Morgan fingerprint density at radius 3 is 2.75 bits per heavy atom. The van der Waals surface area contributed by atoms with Crippen molar-refractivity contribution in [3.8, 4) is 0 Å². The minimum absolute atomic E-state index is 0.222. The first kappa shape index (κ1) is 11.9. The summed E-state index contributed by atoms with van der Waals surface area (Å²) in [5.74, 6) is 0.369. The van der Waals surface area contributed by atoms with Crippen LogP contribution >= 0.6 is 11.6 Å². The lowest BCUT2D eigenvalue weighted by atomic mass is 9.89. The maximum Gasteiger partial charge on any atom is 0.145 e. The van der Waals surface area contributed by atoms with Gasteiger partial charge in [-0.3, -0.25) is 0 Å². The highest BCUT2D eigenvalue weighted by Gasteiger charge is 2.18. The second-order valence-electron chi connectivity index (χ2n) is 4.55. The van der Waals surface area contributed by atoms with Crippen molar-refractivity contribution in [1.82, 2.24) is 5.32 Å². The van der Waals surface area contributed by atoms with Gasteiger partial charge in [-0.2, -0.15) is 0 Å². The lowest BCUT2D eigenvalue weighted by Gasteiger charge is -2.23. The second-order valence-corrected chi connectivity index (χ2v) is 4.96. The maximum atomic E-state index is 13.9. The summed E-state index contributed by atoms with van der Waals surface area (Å²) >= 11 is 5.82. The first-order valence-corrected chi connectivity index (χ1v) is 6.20. The van der Waals surface area contributed by atoms with Crippen LogP contribution in [0, 0.1) is 18.7 Å². The van der Waals surface area contributed by atoms with E-state index < -0.39 is 0 Å². The number of hydrogen-bond donors (Lipinski definition) is 1. The quantitative estimate of drug-likeness (QED) is 0.838. The smallest absolute Gasteiger partial charge is 0.145 e. The molecule has 0 aliphatic carbocycles. The fourth-order valence-electron chi connectivity index (χ4n) is 2.31. The molecule has 1 aliphatic heterocycles. The van der Waals surface area contributed by atoms with Crippen LogP contribution in [0.2, 0.25) is 5.02 Å². The third kappa shape index (κ3) is 2.55. The van der Waals surface area contributed by atoms with Crippen LogP contribution in [0.1, 0.15) is 24.0 Å². The van der Waals surface area contributed by atoms with E-state index in [1.807, 2.05) is 13.0 Å². The molecule has 1 aromatic carbocycles. The van der Waals surface area contributed by atoms with Crippen molar-refractivity contribution in [2.24, 2.45) is 5.92 Å². The lowest BCUT2D eigenvalue weighted by Crippen LogP contribution is -2.29. The van der Waals surface area contributed by atoms with Crippen molar-refractivity contribution in [1.29, 1.82) is 0 Å². The highest BCUT2D eigenvalue weighted by atomic mass is 35.5. The van der Waals surface area contributed by atoms with Crippen molar-refractivity contribution in [3.05, 3.63) is 34.1 Å². The summed E-state index contributed by atoms with van der Waals surface area (Å²) in [6, 6.07) is 3.54. The predicted molar refractivity (Wildman–Crippen MR) is 65.4 cm³/mol. The van der Waals surface area contributed by atoms with E-state index in [2.05, 4.69) is 5.32 Å². The van der Waals surface area contributed by atoms with E-state index >= 15 is 0 Å². The molecule has 0 atom stereocenters. The highest BCUT2D eigenvalue weighted by molar-refractivity contribution is 6.30. The minimum Gasteiger partial charge on any atom is -0.317 e. The van der Waals surface area contributed by atoms with Crippen LogP contribution in [0.25, 0.3) is 0 Å². The van der Waals surface area contributed by atoms with Gasteiger partial charge in [-0.05, 0) is 62.4 Å². The largest absolute Gasteiger partial charge is 0.317 e. The monoisotopic (exact) mass is 241 g/mol. The Bertz CT molecular complexity index is 372. The van der Waals surface area contributed by atoms with E-state index in [1.54, 1.807) is 6.07 Å². The van der Waals surface area contributed by atoms with Crippen LogP contribution in [-0.2, 0) is 6.42 Å². The van der Waals surface area contributed by atoms with Gasteiger partial charge in [0, 0.05) is 0 Å². The molecule has 0 radical (unpaired) electrons. The normalized spacial score (nSPS) is 17.7. The minimum atomic E-state index is -0.222. The molecule has 3 heteroatoms. The zero-order valence-electron chi connectivity index (χ0n) is 9.52. The van der Waals surface area contributed by atoms with Gasteiger partial charge in [-0.25, -0.2) is 4.39 Å². The van der Waals surface area contributed by atoms with Crippen molar-refractivity contribution >= 4 is 11.6 Å². The maximum absolute atomic E-state index is 13.9. The molecule has 2 rings (SSSR count). The van der Waals surface area contributed by atoms with E-state index in [-0.39, 0.29) is 10.8 Å². The van der Waals surface area contributed by atoms with Gasteiger partial charge in [-0.15, -0.1) is 0 Å². The van der Waals surface area contributed by atoms with Gasteiger partial charge in [0.25, 0.3) is 0 Å². The molecule has 1 N–H and O–H groups in total. The summed E-state index contributed by atoms with van der Waals surface area (Å²) in [4.78, 5) is 0. The fraction of sp³-hybridized carbons (Fsp3) is 0.538. The summed E-state index contributed by atoms with van der Waals surface area (Å²) in [7, 11) is 0. The number of halogens is 2. The number of hydrogen-bond acceptors (Lipinski definition) is 1. The van der Waals surface area contributed by atoms with Crippen LogP contribution in [0.3, 0.4) is 0 Å². The third-order valence-electron chi connectivity index (χ3n) is 3.38. The van der Waals surface area contributed by atoms with Gasteiger partial charge >= 0.3 is 0 Å². The molecule has 1 heterocycles. The summed E-state index contributed by atoms with van der Waals surface area (Å²) in [6.07, 6.45) is 3.08. The van der Waals surface area contributed by atoms with E-state index in [9.17, 15) is 4.39 Å². The number of aryl methyl sites for hydroxylation is 1. The number of nitrogens with one attached hydrogen (secondary N) is 1. The van der Waals surface area contributed by atoms with Crippen LogP contribution < -0.4 is 5.32 Å². The van der Waals surface area contributed by atoms with Gasteiger partial charge in [0.2, 0.25) is 0 Å². The first-order valence-electron chi connectivity index (χ1n) is 5.82. The molecule has 16 heavy (non-hydrogen) atoms. The van der Waals surface area contributed by atoms with Gasteiger partial charge in [0.05, 0.1) is 5.02 Å². The van der Waals surface area contributed by atoms with Gasteiger partial charge < -0.3 is 5.32 Å². The molecule has 0 bridgehead atoms. The molecule has 88 valence electrons. The molecule has 0 saturated carbocycles. The number of rotatable bonds is 2. The summed E-state index contributed by atoms with van der Waals surface area (Å²) in [6.45, 7) is 4.05. The summed E-state index contributed by atoms with van der Waals surface area (Å²) in [5.41, 5.74) is 1.82. The molecule has 1 aliphatic rings. The molecule has 1 aromatic rings. The molecule has 0 amide bonds. The van der Waals surface area contributed by atoms with Crippen molar-refractivity contribution in [2.45, 2.75) is 26.2 Å². The Labute approximate surface area is 101 Å². The Kier molecular flexibility index (Phi) is 3.82. The van der Waals surface area contributed by atoms with Crippen LogP contribution in [0.4, 0.5) is 4.39 Å². The Morgan fingerprint density at radius 1 is 1.38 bits per heavy atom. The standard InChI is InChI=1S/C13H17ClFN/c1-9-2-3-12(14)13(15)11(9)8-10-4-6-16-7-5-10/h2-3,10,16H,4-8H2,1H3. The van der Waals surface area contributed by atoms with E-state index in [0.717, 1.165) is 43.5 Å². The van der Waals surface area contributed by atoms with Crippen molar-refractivity contribution in [2.75, 3.05) is 13.1 Å². The van der Waals surface area contributed by atoms with E-state index in [0.29, 0.717) is 5.92 Å². The predicted octanol–water partition coefficient (Wildman–Crippen LogP) is 3.33. The van der Waals surface area contributed by atoms with Crippen LogP contribution in [0.5, 0.6) is 0 Å². The Hall–Kier alpha value is -0.600. The third-order valence-corrected chi connectivity index (χ3v) is 3.67. The Balaban J connectivity index is 2.16. The molecule has 1 saturated heterocycles. The van der Waals surface area contributed by atoms with Gasteiger partial charge in [0.1, 0.15) is 5.82 Å². The lowest BCUT2D eigenvalue weighted by molar-refractivity contribution is 0.368.